The van der Waals surface area contributed by atoms with Gasteiger partial charge in [-0.05, 0) is 36.5 Å². The Hall–Kier alpha value is -2.96. The fourth-order valence-corrected chi connectivity index (χ4v) is 2.53. The first-order chi connectivity index (χ1) is 13.9. The minimum atomic E-state index is -0.389. The summed E-state index contributed by atoms with van der Waals surface area (Å²) in [7, 11) is 3.13. The van der Waals surface area contributed by atoms with Gasteiger partial charge in [-0.1, -0.05) is 19.9 Å². The quantitative estimate of drug-likeness (QED) is 0.527. The van der Waals surface area contributed by atoms with Crippen LogP contribution in [0.1, 0.15) is 38.0 Å². The van der Waals surface area contributed by atoms with E-state index < -0.39 is 0 Å². The van der Waals surface area contributed by atoms with E-state index in [1.54, 1.807) is 20.3 Å². The van der Waals surface area contributed by atoms with E-state index in [0.717, 1.165) is 12.0 Å². The van der Waals surface area contributed by atoms with Crippen LogP contribution in [0.15, 0.2) is 39.7 Å². The molecular weight excluding hydrogens is 376 g/mol. The van der Waals surface area contributed by atoms with Crippen molar-refractivity contribution in [1.82, 2.24) is 0 Å². The lowest BCUT2D eigenvalue weighted by atomic mass is 10.1. The number of rotatable bonds is 11. The van der Waals surface area contributed by atoms with Crippen molar-refractivity contribution in [3.8, 4) is 17.2 Å². The predicted molar refractivity (Wildman–Crippen MR) is 108 cm³/mol. The number of methoxy groups -OCH3 is 2. The predicted octanol–water partition coefficient (Wildman–Crippen LogP) is 3.76. The van der Waals surface area contributed by atoms with E-state index in [1.807, 2.05) is 12.1 Å². The summed E-state index contributed by atoms with van der Waals surface area (Å²) in [5.41, 5.74) is 0.630. The molecule has 0 radical (unpaired) electrons. The Kier molecular flexibility index (Phi) is 8.58. The maximum absolute atomic E-state index is 12.0. The molecule has 0 saturated carbocycles. The molecule has 1 aromatic carbocycles. The molecule has 7 nitrogen and oxygen atoms in total. The molecule has 1 aromatic heterocycles. The molecule has 0 amide bonds. The summed E-state index contributed by atoms with van der Waals surface area (Å²) in [6, 6.07) is 6.76. The number of hydrogen-bond donors (Lipinski definition) is 0. The van der Waals surface area contributed by atoms with Crippen LogP contribution >= 0.6 is 0 Å². The van der Waals surface area contributed by atoms with Gasteiger partial charge in [0.25, 0.3) is 0 Å². The summed E-state index contributed by atoms with van der Waals surface area (Å²) in [6.07, 6.45) is 2.79. The normalized spacial score (nSPS) is 10.7. The van der Waals surface area contributed by atoms with Gasteiger partial charge in [-0.25, -0.2) is 0 Å². The van der Waals surface area contributed by atoms with Crippen LogP contribution < -0.4 is 19.6 Å². The van der Waals surface area contributed by atoms with Crippen LogP contribution in [0.3, 0.4) is 0 Å². The molecule has 0 atom stereocenters. The number of hydrogen-bond acceptors (Lipinski definition) is 7. The van der Waals surface area contributed by atoms with E-state index in [1.165, 1.54) is 12.3 Å². The van der Waals surface area contributed by atoms with E-state index in [4.69, 9.17) is 23.4 Å². The standard InChI is InChI=1S/C22H28O7/c1-15(2)9-10-27-21-14-28-17(12-18(21)23)13-29-22(24)8-6-16-5-7-19(25-3)20(11-16)26-4/h5,7,11-12,14-15H,6,8-10,13H2,1-4H3. The van der Waals surface area contributed by atoms with Crippen LogP contribution in [-0.4, -0.2) is 26.8 Å². The molecule has 0 bridgehead atoms. The van der Waals surface area contributed by atoms with Gasteiger partial charge < -0.3 is 23.4 Å². The number of carbonyl (C=O) groups is 1. The molecule has 158 valence electrons. The van der Waals surface area contributed by atoms with Crippen molar-refractivity contribution in [2.24, 2.45) is 5.92 Å². The van der Waals surface area contributed by atoms with E-state index in [2.05, 4.69) is 13.8 Å². The Labute approximate surface area is 170 Å². The van der Waals surface area contributed by atoms with Crippen molar-refractivity contribution in [3.05, 3.63) is 52.1 Å². The van der Waals surface area contributed by atoms with Crippen LogP contribution in [0, 0.1) is 5.92 Å². The highest BCUT2D eigenvalue weighted by molar-refractivity contribution is 5.69. The number of benzene rings is 1. The van der Waals surface area contributed by atoms with Gasteiger partial charge in [0.1, 0.15) is 18.6 Å². The monoisotopic (exact) mass is 404 g/mol. The van der Waals surface area contributed by atoms with Crippen LogP contribution in [0.5, 0.6) is 17.2 Å². The summed E-state index contributed by atoms with van der Waals surface area (Å²) in [6.45, 7) is 4.50. The van der Waals surface area contributed by atoms with Crippen molar-refractivity contribution in [2.75, 3.05) is 20.8 Å². The van der Waals surface area contributed by atoms with Crippen LogP contribution in [0.2, 0.25) is 0 Å². The van der Waals surface area contributed by atoms with Gasteiger partial charge in [0.15, 0.2) is 11.5 Å². The second-order valence-corrected chi connectivity index (χ2v) is 6.96. The van der Waals surface area contributed by atoms with E-state index in [9.17, 15) is 9.59 Å². The molecule has 0 saturated heterocycles. The average Bonchev–Trinajstić information content (AvgIpc) is 2.71. The van der Waals surface area contributed by atoms with E-state index in [-0.39, 0.29) is 35.9 Å². The average molecular weight is 404 g/mol. The summed E-state index contributed by atoms with van der Waals surface area (Å²) in [5, 5.41) is 0. The second-order valence-electron chi connectivity index (χ2n) is 6.96. The molecule has 0 aliphatic rings. The third-order valence-electron chi connectivity index (χ3n) is 4.25. The summed E-state index contributed by atoms with van der Waals surface area (Å²) in [5.74, 6) is 1.76. The number of esters is 1. The zero-order valence-electron chi connectivity index (χ0n) is 17.4. The minimum Gasteiger partial charge on any atom is -0.493 e. The lowest BCUT2D eigenvalue weighted by Gasteiger charge is -2.10. The molecule has 0 aliphatic carbocycles. The Bertz CT molecular complexity index is 854. The summed E-state index contributed by atoms with van der Waals surface area (Å²) in [4.78, 5) is 24.0. The SMILES string of the molecule is COc1ccc(CCC(=O)OCc2cc(=O)c(OCCC(C)C)co2)cc1OC. The summed E-state index contributed by atoms with van der Waals surface area (Å²) >= 11 is 0. The van der Waals surface area contributed by atoms with Crippen LogP contribution in [0.25, 0.3) is 0 Å². The van der Waals surface area contributed by atoms with Gasteiger partial charge in [-0.15, -0.1) is 0 Å². The third kappa shape index (κ3) is 7.18. The van der Waals surface area contributed by atoms with Gasteiger partial charge in [-0.2, -0.15) is 0 Å². The molecule has 0 unspecified atom stereocenters. The minimum absolute atomic E-state index is 0.105. The van der Waals surface area contributed by atoms with Crippen molar-refractivity contribution in [3.63, 3.8) is 0 Å². The molecule has 0 aliphatic heterocycles. The van der Waals surface area contributed by atoms with E-state index in [0.29, 0.717) is 30.4 Å². The first kappa shape index (κ1) is 22.3. The molecule has 1 heterocycles. The molecule has 0 spiro atoms. The van der Waals surface area contributed by atoms with E-state index >= 15 is 0 Å². The highest BCUT2D eigenvalue weighted by Gasteiger charge is 2.10. The largest absolute Gasteiger partial charge is 0.493 e. The third-order valence-corrected chi connectivity index (χ3v) is 4.25. The van der Waals surface area contributed by atoms with Crippen LogP contribution in [-0.2, 0) is 22.6 Å². The number of ether oxygens (including phenoxy) is 4. The highest BCUT2D eigenvalue weighted by atomic mass is 16.5. The fourth-order valence-electron chi connectivity index (χ4n) is 2.53. The maximum atomic E-state index is 12.0. The van der Waals surface area contributed by atoms with Gasteiger partial charge in [0, 0.05) is 12.5 Å². The van der Waals surface area contributed by atoms with Crippen molar-refractivity contribution >= 4 is 5.97 Å². The van der Waals surface area contributed by atoms with Crippen molar-refractivity contribution in [1.29, 1.82) is 0 Å². The molecule has 29 heavy (non-hydrogen) atoms. The first-order valence-corrected chi connectivity index (χ1v) is 9.54. The topological polar surface area (TPSA) is 84.2 Å². The Balaban J connectivity index is 1.81. The highest BCUT2D eigenvalue weighted by Crippen LogP contribution is 2.28. The van der Waals surface area contributed by atoms with Gasteiger partial charge in [0.05, 0.1) is 20.8 Å². The maximum Gasteiger partial charge on any atom is 0.306 e. The lowest BCUT2D eigenvalue weighted by Crippen LogP contribution is -2.11. The molecule has 0 N–H and O–H groups in total. The number of aryl methyl sites for hydroxylation is 1. The Morgan fingerprint density at radius 2 is 1.83 bits per heavy atom. The molecule has 7 heteroatoms. The summed E-state index contributed by atoms with van der Waals surface area (Å²) < 4.78 is 26.4. The smallest absolute Gasteiger partial charge is 0.306 e. The fraction of sp³-hybridized carbons (Fsp3) is 0.455. The van der Waals surface area contributed by atoms with Crippen LogP contribution in [0.4, 0.5) is 0 Å². The Morgan fingerprint density at radius 3 is 2.48 bits per heavy atom. The van der Waals surface area contributed by atoms with Crippen molar-refractivity contribution in [2.45, 2.75) is 39.7 Å². The molecule has 2 aromatic rings. The lowest BCUT2D eigenvalue weighted by molar-refractivity contribution is -0.145. The molecule has 2 rings (SSSR count). The second kappa shape index (κ2) is 11.1. The van der Waals surface area contributed by atoms with Gasteiger partial charge in [0.2, 0.25) is 11.2 Å². The number of carbonyl (C=O) groups excluding carboxylic acids is 1. The zero-order valence-corrected chi connectivity index (χ0v) is 17.4. The Morgan fingerprint density at radius 1 is 1.07 bits per heavy atom. The van der Waals surface area contributed by atoms with Gasteiger partial charge >= 0.3 is 5.97 Å². The first-order valence-electron chi connectivity index (χ1n) is 9.54. The van der Waals surface area contributed by atoms with Crippen molar-refractivity contribution < 1.29 is 28.2 Å². The molecular formula is C22H28O7. The zero-order chi connectivity index (χ0) is 21.2. The van der Waals surface area contributed by atoms with Gasteiger partial charge in [-0.3, -0.25) is 9.59 Å². The molecule has 0 fully saturated rings.